The Balaban J connectivity index is 1.09. The maximum absolute atomic E-state index is 13.2. The predicted molar refractivity (Wildman–Crippen MR) is 188 cm³/mol. The molecule has 7 rings (SSSR count). The minimum Gasteiger partial charge on any atom is -0.492 e. The van der Waals surface area contributed by atoms with E-state index in [9.17, 15) is 4.79 Å². The van der Waals surface area contributed by atoms with E-state index >= 15 is 0 Å². The van der Waals surface area contributed by atoms with Crippen molar-refractivity contribution in [1.29, 1.82) is 5.41 Å². The molecule has 0 saturated carbocycles. The highest BCUT2D eigenvalue weighted by Gasteiger charge is 2.36. The summed E-state index contributed by atoms with van der Waals surface area (Å²) in [6, 6.07) is 34.2. The number of amides is 1. The van der Waals surface area contributed by atoms with Crippen molar-refractivity contribution in [2.75, 3.05) is 6.61 Å². The van der Waals surface area contributed by atoms with Crippen LogP contribution in [0.5, 0.6) is 5.75 Å². The van der Waals surface area contributed by atoms with Gasteiger partial charge in [0.2, 0.25) is 5.17 Å². The van der Waals surface area contributed by atoms with Gasteiger partial charge in [-0.15, -0.1) is 0 Å². The summed E-state index contributed by atoms with van der Waals surface area (Å²) in [6.45, 7) is 5.52. The third-order valence-electron chi connectivity index (χ3n) is 8.35. The van der Waals surface area contributed by atoms with E-state index < -0.39 is 5.91 Å². The molecule has 2 aliphatic heterocycles. The summed E-state index contributed by atoms with van der Waals surface area (Å²) in [5.74, 6) is 0.309. The number of para-hydroxylation sites is 1. The number of nitrogens with zero attached hydrogens (tertiary/aromatic N) is 4. The van der Waals surface area contributed by atoms with Gasteiger partial charge in [0.15, 0.2) is 5.84 Å². The van der Waals surface area contributed by atoms with E-state index in [1.54, 1.807) is 12.1 Å². The number of hydrazone groups is 1. The summed E-state index contributed by atoms with van der Waals surface area (Å²) in [7, 11) is 0. The van der Waals surface area contributed by atoms with Crippen LogP contribution in [0.25, 0.3) is 17.0 Å². The minimum atomic E-state index is -0.474. The number of aromatic nitrogens is 1. The number of amidine groups is 2. The molecule has 7 nitrogen and oxygen atoms in total. The number of nitrogens with one attached hydrogen (secondary N) is 1. The van der Waals surface area contributed by atoms with Crippen molar-refractivity contribution in [3.8, 4) is 5.75 Å². The molecule has 0 bridgehead atoms. The van der Waals surface area contributed by atoms with Gasteiger partial charge in [0.1, 0.15) is 17.4 Å². The molecule has 228 valence electrons. The van der Waals surface area contributed by atoms with Crippen LogP contribution in [0.2, 0.25) is 5.02 Å². The Morgan fingerprint density at radius 1 is 0.913 bits per heavy atom. The quantitative estimate of drug-likeness (QED) is 0.172. The van der Waals surface area contributed by atoms with Gasteiger partial charge in [-0.2, -0.15) is 15.1 Å². The molecular weight excluding hydrogens is 614 g/mol. The maximum Gasteiger partial charge on any atom is 0.283 e. The zero-order valence-electron chi connectivity index (χ0n) is 25.3. The molecule has 0 saturated heterocycles. The Bertz CT molecular complexity index is 2080. The van der Waals surface area contributed by atoms with E-state index in [4.69, 9.17) is 21.7 Å². The van der Waals surface area contributed by atoms with Crippen molar-refractivity contribution < 1.29 is 9.53 Å². The van der Waals surface area contributed by atoms with Crippen LogP contribution in [0.1, 0.15) is 36.1 Å². The van der Waals surface area contributed by atoms with Gasteiger partial charge < -0.3 is 9.30 Å². The number of aliphatic imine (C=N–C) groups is 1. The van der Waals surface area contributed by atoms with E-state index in [2.05, 4.69) is 64.9 Å². The van der Waals surface area contributed by atoms with Crippen molar-refractivity contribution >= 4 is 62.3 Å². The normalized spacial score (nSPS) is 15.7. The molecule has 0 aliphatic carbocycles. The van der Waals surface area contributed by atoms with Gasteiger partial charge in [-0.05, 0) is 53.2 Å². The highest BCUT2D eigenvalue weighted by Crippen LogP contribution is 2.35. The summed E-state index contributed by atoms with van der Waals surface area (Å²) >= 11 is 7.61. The summed E-state index contributed by atoms with van der Waals surface area (Å²) in [5, 5.41) is 17.3. The number of ether oxygens (including phenoxy) is 1. The van der Waals surface area contributed by atoms with Crippen LogP contribution >= 0.6 is 23.4 Å². The van der Waals surface area contributed by atoms with Crippen molar-refractivity contribution in [2.24, 2.45) is 10.1 Å². The first-order valence-corrected chi connectivity index (χ1v) is 16.1. The van der Waals surface area contributed by atoms with Crippen LogP contribution < -0.4 is 4.74 Å². The van der Waals surface area contributed by atoms with Crippen LogP contribution in [0, 0.1) is 5.41 Å². The first-order chi connectivity index (χ1) is 22.3. The summed E-state index contributed by atoms with van der Waals surface area (Å²) in [5.41, 5.74) is 5.10. The Morgan fingerprint density at radius 2 is 1.61 bits per heavy atom. The average Bonchev–Trinajstić information content (AvgIpc) is 3.65. The molecule has 0 atom stereocenters. The fraction of sp³-hybridized carbons (Fsp3) is 0.135. The summed E-state index contributed by atoms with van der Waals surface area (Å²) < 4.78 is 8.26. The standard InChI is InChI=1S/C37H30ClN5O2S/c1-37(2,25-10-4-3-5-11-25)26-16-18-27(19-17-26)45-21-20-42-23-24(28-12-7-9-15-32(28)42)22-30-33(39)43-36(40-34(30)44)46-35(41-43)29-13-6-8-14-31(29)38/h3-19,22-23,39H,20-21H2,1-2H3/b30-22-,39-33?. The molecule has 46 heavy (non-hydrogen) atoms. The third-order valence-corrected chi connectivity index (χ3v) is 9.62. The molecule has 0 unspecified atom stereocenters. The SMILES string of the molecule is CC(C)(c1ccccc1)c1ccc(OCCn2cc(/C=C3/C(=N)N4N=C(c5ccccc5Cl)SC4=NC3=O)c3ccccc32)cc1. The lowest BCUT2D eigenvalue weighted by Gasteiger charge is -2.26. The summed E-state index contributed by atoms with van der Waals surface area (Å²) in [6.07, 6.45) is 3.72. The molecule has 5 aromatic rings. The maximum atomic E-state index is 13.2. The van der Waals surface area contributed by atoms with Crippen LogP contribution in [-0.2, 0) is 16.8 Å². The Morgan fingerprint density at radius 3 is 2.39 bits per heavy atom. The van der Waals surface area contributed by atoms with E-state index in [1.165, 1.54) is 27.9 Å². The van der Waals surface area contributed by atoms with Crippen molar-refractivity contribution in [2.45, 2.75) is 25.8 Å². The second kappa shape index (κ2) is 12.1. The van der Waals surface area contributed by atoms with Crippen molar-refractivity contribution in [1.82, 2.24) is 9.58 Å². The lowest BCUT2D eigenvalue weighted by molar-refractivity contribution is -0.114. The minimum absolute atomic E-state index is 0.0244. The largest absolute Gasteiger partial charge is 0.492 e. The lowest BCUT2D eigenvalue weighted by Crippen LogP contribution is -2.35. The van der Waals surface area contributed by atoms with E-state index in [1.807, 2.05) is 66.9 Å². The van der Waals surface area contributed by atoms with E-state index in [0.29, 0.717) is 28.4 Å². The number of hydrogen-bond donors (Lipinski definition) is 1. The monoisotopic (exact) mass is 643 g/mol. The second-order valence-electron chi connectivity index (χ2n) is 11.6. The topological polar surface area (TPSA) is 83.0 Å². The average molecular weight is 644 g/mol. The van der Waals surface area contributed by atoms with Gasteiger partial charge in [0.25, 0.3) is 5.91 Å². The molecule has 9 heteroatoms. The molecule has 0 fully saturated rings. The number of thioether (sulfide) groups is 1. The number of rotatable bonds is 8. The zero-order chi connectivity index (χ0) is 31.8. The highest BCUT2D eigenvalue weighted by atomic mass is 35.5. The number of carbonyl (C=O) groups excluding carboxylic acids is 1. The van der Waals surface area contributed by atoms with Gasteiger partial charge in [-0.3, -0.25) is 10.2 Å². The molecule has 0 spiro atoms. The first kappa shape index (κ1) is 29.8. The van der Waals surface area contributed by atoms with Gasteiger partial charge in [0, 0.05) is 33.6 Å². The zero-order valence-corrected chi connectivity index (χ0v) is 26.8. The molecule has 0 radical (unpaired) electrons. The van der Waals surface area contributed by atoms with Crippen LogP contribution in [0.15, 0.2) is 125 Å². The van der Waals surface area contributed by atoms with Crippen LogP contribution in [0.3, 0.4) is 0 Å². The predicted octanol–water partition coefficient (Wildman–Crippen LogP) is 8.37. The smallest absolute Gasteiger partial charge is 0.283 e. The highest BCUT2D eigenvalue weighted by molar-refractivity contribution is 8.27. The number of fused-ring (bicyclic) bond motifs is 2. The Labute approximate surface area is 276 Å². The van der Waals surface area contributed by atoms with Crippen LogP contribution in [0.4, 0.5) is 0 Å². The van der Waals surface area contributed by atoms with Gasteiger partial charge in [-0.25, -0.2) is 0 Å². The fourth-order valence-corrected chi connectivity index (χ4v) is 6.93. The Kier molecular flexibility index (Phi) is 7.84. The second-order valence-corrected chi connectivity index (χ2v) is 12.9. The molecule has 2 aliphatic rings. The third kappa shape index (κ3) is 5.55. The van der Waals surface area contributed by atoms with Gasteiger partial charge in [0.05, 0.1) is 17.1 Å². The Hall–Kier alpha value is -4.92. The van der Waals surface area contributed by atoms with E-state index in [0.717, 1.165) is 27.8 Å². The molecule has 3 heterocycles. The molecule has 4 aromatic carbocycles. The molecular formula is C37H30ClN5O2S. The van der Waals surface area contributed by atoms with E-state index in [-0.39, 0.29) is 16.8 Å². The molecule has 1 aromatic heterocycles. The number of hydrogen-bond acceptors (Lipinski definition) is 5. The molecule has 1 N–H and O–H groups in total. The number of benzene rings is 4. The van der Waals surface area contributed by atoms with Crippen molar-refractivity contribution in [3.05, 3.63) is 142 Å². The number of carbonyl (C=O) groups is 1. The van der Waals surface area contributed by atoms with Crippen LogP contribution in [-0.4, -0.2) is 38.1 Å². The first-order valence-electron chi connectivity index (χ1n) is 14.9. The van der Waals surface area contributed by atoms with Gasteiger partial charge >= 0.3 is 0 Å². The van der Waals surface area contributed by atoms with Gasteiger partial charge in [-0.1, -0.05) is 104 Å². The van der Waals surface area contributed by atoms with Crippen molar-refractivity contribution in [3.63, 3.8) is 0 Å². The molecule has 1 amide bonds. The fourth-order valence-electron chi connectivity index (χ4n) is 5.72. The lowest BCUT2D eigenvalue weighted by atomic mass is 9.78. The summed E-state index contributed by atoms with van der Waals surface area (Å²) in [4.78, 5) is 17.4. The number of halogens is 1.